The van der Waals surface area contributed by atoms with Crippen molar-refractivity contribution in [1.29, 1.82) is 0 Å². The predicted molar refractivity (Wildman–Crippen MR) is 28.7 cm³/mol. The number of nitrogens with two attached hydrogens (primary N) is 1. The molecule has 0 bridgehead atoms. The summed E-state index contributed by atoms with van der Waals surface area (Å²) in [5, 5.41) is 0. The highest BCUT2D eigenvalue weighted by molar-refractivity contribution is 5.91. The Hall–Kier alpha value is -1.13. The maximum atomic E-state index is 12.6. The van der Waals surface area contributed by atoms with E-state index in [4.69, 9.17) is 0 Å². The summed E-state index contributed by atoms with van der Waals surface area (Å²) in [6.07, 6.45) is -1.01. The molecule has 0 saturated heterocycles. The zero-order valence-electron chi connectivity index (χ0n) is 5.09. The fourth-order valence-electron chi connectivity index (χ4n) is 0.497. The van der Waals surface area contributed by atoms with Gasteiger partial charge in [-0.05, 0) is 12.8 Å². The lowest BCUT2D eigenvalue weighted by Gasteiger charge is -2.00. The van der Waals surface area contributed by atoms with Crippen LogP contribution in [0.5, 0.6) is 0 Å². The van der Waals surface area contributed by atoms with Crippen LogP contribution in [-0.4, -0.2) is 17.7 Å². The van der Waals surface area contributed by atoms with Crippen LogP contribution in [0.4, 0.5) is 9.18 Å². The summed E-state index contributed by atoms with van der Waals surface area (Å²) >= 11 is 0. The van der Waals surface area contributed by atoms with Crippen molar-refractivity contribution in [2.45, 2.75) is 18.5 Å². The summed E-state index contributed by atoms with van der Waals surface area (Å²) in [7, 11) is 0. The molecule has 1 aliphatic carbocycles. The van der Waals surface area contributed by atoms with E-state index in [0.29, 0.717) is 0 Å². The molecule has 4 nitrogen and oxygen atoms in total. The fourth-order valence-corrected chi connectivity index (χ4v) is 0.497. The average Bonchev–Trinajstić information content (AvgIpc) is 2.47. The van der Waals surface area contributed by atoms with E-state index >= 15 is 0 Å². The second-order valence-electron chi connectivity index (χ2n) is 2.17. The van der Waals surface area contributed by atoms with Crippen LogP contribution in [0.1, 0.15) is 12.8 Å². The molecular weight excluding hydrogens is 141 g/mol. The van der Waals surface area contributed by atoms with Gasteiger partial charge in [0.25, 0.3) is 0 Å². The molecule has 0 unspecified atom stereocenters. The van der Waals surface area contributed by atoms with Gasteiger partial charge in [0.2, 0.25) is 5.67 Å². The van der Waals surface area contributed by atoms with Crippen LogP contribution in [0.2, 0.25) is 0 Å². The van der Waals surface area contributed by atoms with E-state index in [2.05, 4.69) is 10.5 Å². The number of esters is 1. The largest absolute Gasteiger partial charge is 0.412 e. The van der Waals surface area contributed by atoms with E-state index in [1.807, 2.05) is 0 Å². The minimum atomic E-state index is -1.92. The number of halogens is 1. The number of carbonyl (C=O) groups excluding carboxylic acids is 2. The van der Waals surface area contributed by atoms with Crippen molar-refractivity contribution < 1.29 is 18.7 Å². The number of hydrogen-bond acceptors (Lipinski definition) is 3. The van der Waals surface area contributed by atoms with Crippen molar-refractivity contribution in [1.82, 2.24) is 0 Å². The van der Waals surface area contributed by atoms with Crippen molar-refractivity contribution in [3.8, 4) is 0 Å². The number of primary amides is 1. The van der Waals surface area contributed by atoms with Gasteiger partial charge >= 0.3 is 12.1 Å². The van der Waals surface area contributed by atoms with Crippen molar-refractivity contribution in [2.75, 3.05) is 0 Å². The molecule has 1 rings (SSSR count). The molecule has 2 N–H and O–H groups in total. The summed E-state index contributed by atoms with van der Waals surface area (Å²) in [6.45, 7) is 0. The molecule has 10 heavy (non-hydrogen) atoms. The maximum absolute atomic E-state index is 12.6. The molecule has 0 aromatic rings. The molecule has 0 radical (unpaired) electrons. The van der Waals surface area contributed by atoms with Crippen molar-refractivity contribution in [3.05, 3.63) is 0 Å². The van der Waals surface area contributed by atoms with E-state index in [9.17, 15) is 14.0 Å². The predicted octanol–water partition coefficient (Wildman–Crippen LogP) is 0.110. The lowest BCUT2D eigenvalue weighted by molar-refractivity contribution is -0.144. The monoisotopic (exact) mass is 147 g/mol. The van der Waals surface area contributed by atoms with Gasteiger partial charge in [-0.1, -0.05) is 0 Å². The molecule has 0 heterocycles. The first-order valence-corrected chi connectivity index (χ1v) is 2.75. The lowest BCUT2D eigenvalue weighted by Crippen LogP contribution is -2.26. The minimum Gasteiger partial charge on any atom is -0.374 e. The van der Waals surface area contributed by atoms with Crippen LogP contribution in [0.15, 0.2) is 0 Å². The molecule has 1 aliphatic rings. The van der Waals surface area contributed by atoms with Crippen LogP contribution in [-0.2, 0) is 9.53 Å². The summed E-state index contributed by atoms with van der Waals surface area (Å²) < 4.78 is 16.4. The number of hydrogen-bond donors (Lipinski definition) is 1. The van der Waals surface area contributed by atoms with E-state index in [-0.39, 0.29) is 12.8 Å². The van der Waals surface area contributed by atoms with Gasteiger partial charge in [-0.3, -0.25) is 0 Å². The van der Waals surface area contributed by atoms with Gasteiger partial charge < -0.3 is 10.5 Å². The molecule has 0 aromatic heterocycles. The highest BCUT2D eigenvalue weighted by Gasteiger charge is 2.53. The van der Waals surface area contributed by atoms with E-state index in [0.717, 1.165) is 0 Å². The molecule has 1 saturated carbocycles. The van der Waals surface area contributed by atoms with Crippen LogP contribution in [0.25, 0.3) is 0 Å². The zero-order chi connectivity index (χ0) is 7.78. The minimum absolute atomic E-state index is 0.124. The first-order chi connectivity index (χ1) is 4.54. The normalized spacial score (nSPS) is 19.7. The Kier molecular flexibility index (Phi) is 1.35. The summed E-state index contributed by atoms with van der Waals surface area (Å²) in [5.41, 5.74) is 2.55. The van der Waals surface area contributed by atoms with Crippen LogP contribution in [0.3, 0.4) is 0 Å². The highest BCUT2D eigenvalue weighted by atomic mass is 19.1. The first-order valence-electron chi connectivity index (χ1n) is 2.75. The van der Waals surface area contributed by atoms with Crippen molar-refractivity contribution in [2.24, 2.45) is 5.73 Å². The van der Waals surface area contributed by atoms with Gasteiger partial charge in [0.15, 0.2) is 0 Å². The van der Waals surface area contributed by atoms with Crippen LogP contribution in [0, 0.1) is 0 Å². The Bertz CT molecular complexity index is 187. The number of rotatable bonds is 1. The molecule has 1 fully saturated rings. The maximum Gasteiger partial charge on any atom is 0.412 e. The fraction of sp³-hybridized carbons (Fsp3) is 0.600. The molecule has 0 atom stereocenters. The van der Waals surface area contributed by atoms with Crippen LogP contribution < -0.4 is 5.73 Å². The topological polar surface area (TPSA) is 69.4 Å². The van der Waals surface area contributed by atoms with E-state index in [1.165, 1.54) is 0 Å². The van der Waals surface area contributed by atoms with Gasteiger partial charge in [-0.25, -0.2) is 14.0 Å². The second kappa shape index (κ2) is 1.93. The Morgan fingerprint density at radius 2 is 2.00 bits per heavy atom. The smallest absolute Gasteiger partial charge is 0.374 e. The Morgan fingerprint density at radius 1 is 1.50 bits per heavy atom. The third-order valence-corrected chi connectivity index (χ3v) is 1.25. The zero-order valence-corrected chi connectivity index (χ0v) is 5.09. The molecule has 0 aromatic carbocycles. The van der Waals surface area contributed by atoms with Gasteiger partial charge in [0.05, 0.1) is 0 Å². The molecule has 5 heteroatoms. The number of ether oxygens (including phenoxy) is 1. The van der Waals surface area contributed by atoms with Gasteiger partial charge in [-0.2, -0.15) is 0 Å². The summed E-state index contributed by atoms with van der Waals surface area (Å²) in [6, 6.07) is 0. The van der Waals surface area contributed by atoms with E-state index < -0.39 is 17.7 Å². The third kappa shape index (κ3) is 1.23. The molecule has 56 valence electrons. The Labute approximate surface area is 56.1 Å². The first kappa shape index (κ1) is 6.98. The Morgan fingerprint density at radius 3 is 2.30 bits per heavy atom. The molecular formula is C5H6FNO3. The standard InChI is InChI=1S/C5H6FNO3/c6-5(1-2-5)3(8)10-4(7)9/h1-2H2,(H2,7,9). The van der Waals surface area contributed by atoms with Crippen LogP contribution >= 0.6 is 0 Å². The third-order valence-electron chi connectivity index (χ3n) is 1.25. The van der Waals surface area contributed by atoms with Crippen molar-refractivity contribution in [3.63, 3.8) is 0 Å². The van der Waals surface area contributed by atoms with Gasteiger partial charge in [-0.15, -0.1) is 0 Å². The number of carbonyl (C=O) groups is 2. The number of alkyl halides is 1. The SMILES string of the molecule is NC(=O)OC(=O)C1(F)CC1. The van der Waals surface area contributed by atoms with Crippen molar-refractivity contribution >= 4 is 12.1 Å². The molecule has 0 spiro atoms. The van der Waals surface area contributed by atoms with Gasteiger partial charge in [0, 0.05) is 0 Å². The molecule has 0 aliphatic heterocycles. The average molecular weight is 147 g/mol. The lowest BCUT2D eigenvalue weighted by atomic mass is 10.4. The number of amides is 1. The quantitative estimate of drug-likeness (QED) is 0.422. The van der Waals surface area contributed by atoms with E-state index in [1.54, 1.807) is 0 Å². The Balaban J connectivity index is 2.43. The second-order valence-corrected chi connectivity index (χ2v) is 2.17. The summed E-state index contributed by atoms with van der Waals surface area (Å²) in [4.78, 5) is 20.3. The highest BCUT2D eigenvalue weighted by Crippen LogP contribution is 2.40. The molecule has 1 amide bonds. The van der Waals surface area contributed by atoms with Gasteiger partial charge in [0.1, 0.15) is 0 Å². The summed E-state index contributed by atoms with van der Waals surface area (Å²) in [5.74, 6) is -1.17.